The fourth-order valence-electron chi connectivity index (χ4n) is 7.13. The molecule has 1 saturated carbocycles. The lowest BCUT2D eigenvalue weighted by molar-refractivity contribution is 0.0156. The fraction of sp³-hybridized carbons (Fsp3) is 0.424. The van der Waals surface area contributed by atoms with Crippen LogP contribution in [-0.4, -0.2) is 40.6 Å². The molecule has 4 nitrogen and oxygen atoms in total. The predicted octanol–water partition coefficient (Wildman–Crippen LogP) is 6.98. The Morgan fingerprint density at radius 1 is 0.821 bits per heavy atom. The summed E-state index contributed by atoms with van der Waals surface area (Å²) in [4.78, 5) is 17.6. The first-order valence-electron chi connectivity index (χ1n) is 14.3. The van der Waals surface area contributed by atoms with Gasteiger partial charge < -0.3 is 9.64 Å². The summed E-state index contributed by atoms with van der Waals surface area (Å²) in [6, 6.07) is 23.9. The standard InChI is InChI=1S/C33H36F2N2O2/c34-28-15-25(16-29(35)19-28)17-30(32-31-18-26-13-7-8-14-27(26)22-37(31)33(38)39-32)36(20-23-9-3-1-4-10-23)21-24-11-5-2-6-12-24/h1-6,9-12,15-16,19,26-27,30-32H,7-8,13-14,17-18,20-22H2/t26?,27?,30-,31+,32+/m1/s1. The Hall–Kier alpha value is -3.25. The van der Waals surface area contributed by atoms with E-state index in [1.165, 1.54) is 37.8 Å². The van der Waals surface area contributed by atoms with Crippen LogP contribution in [0.1, 0.15) is 48.8 Å². The Labute approximate surface area is 229 Å². The van der Waals surface area contributed by atoms with Crippen LogP contribution in [0.2, 0.25) is 0 Å². The van der Waals surface area contributed by atoms with E-state index in [4.69, 9.17) is 4.74 Å². The van der Waals surface area contributed by atoms with Crippen molar-refractivity contribution in [1.29, 1.82) is 0 Å². The number of carbonyl (C=O) groups is 1. The lowest BCUT2D eigenvalue weighted by Gasteiger charge is -2.45. The van der Waals surface area contributed by atoms with Crippen molar-refractivity contribution in [1.82, 2.24) is 9.80 Å². The number of hydrogen-bond acceptors (Lipinski definition) is 3. The SMILES string of the molecule is O=C1O[C@@H]([C@@H](Cc2cc(F)cc(F)c2)N(Cc2ccccc2)Cc2ccccc2)[C@@H]2CC3CCCCC3CN12. The molecule has 204 valence electrons. The van der Waals surface area contributed by atoms with Crippen molar-refractivity contribution in [2.45, 2.75) is 69.8 Å². The van der Waals surface area contributed by atoms with Crippen molar-refractivity contribution in [2.75, 3.05) is 6.54 Å². The summed E-state index contributed by atoms with van der Waals surface area (Å²) in [5.74, 6) is -0.0360. The van der Waals surface area contributed by atoms with E-state index < -0.39 is 11.6 Å². The Balaban J connectivity index is 1.37. The van der Waals surface area contributed by atoms with Gasteiger partial charge in [-0.2, -0.15) is 0 Å². The molecule has 6 heteroatoms. The topological polar surface area (TPSA) is 32.8 Å². The van der Waals surface area contributed by atoms with E-state index in [1.54, 1.807) is 0 Å². The van der Waals surface area contributed by atoms with Gasteiger partial charge in [0, 0.05) is 25.7 Å². The fourth-order valence-corrected chi connectivity index (χ4v) is 7.13. The molecule has 6 rings (SSSR count). The zero-order chi connectivity index (χ0) is 26.8. The number of benzene rings is 3. The zero-order valence-electron chi connectivity index (χ0n) is 22.2. The van der Waals surface area contributed by atoms with E-state index in [0.29, 0.717) is 36.9 Å². The van der Waals surface area contributed by atoms with Gasteiger partial charge in [0.2, 0.25) is 0 Å². The number of hydrogen-bond donors (Lipinski definition) is 0. The molecule has 0 aromatic heterocycles. The first-order chi connectivity index (χ1) is 19.0. The second-order valence-corrected chi connectivity index (χ2v) is 11.5. The van der Waals surface area contributed by atoms with Crippen LogP contribution in [0, 0.1) is 23.5 Å². The highest BCUT2D eigenvalue weighted by Gasteiger charge is 2.52. The molecule has 3 aromatic carbocycles. The van der Waals surface area contributed by atoms with Gasteiger partial charge in [0.25, 0.3) is 0 Å². The minimum atomic E-state index is -0.589. The molecule has 2 saturated heterocycles. The Bertz CT molecular complexity index is 1210. The molecule has 3 aromatic rings. The third-order valence-corrected chi connectivity index (χ3v) is 8.97. The smallest absolute Gasteiger partial charge is 0.410 e. The second-order valence-electron chi connectivity index (χ2n) is 11.5. The average Bonchev–Trinajstić information content (AvgIpc) is 3.25. The molecular formula is C33H36F2N2O2. The number of nitrogens with zero attached hydrogens (tertiary/aromatic N) is 2. The van der Waals surface area contributed by atoms with E-state index in [-0.39, 0.29) is 24.3 Å². The Morgan fingerprint density at radius 3 is 2.03 bits per heavy atom. The van der Waals surface area contributed by atoms with Gasteiger partial charge in [-0.3, -0.25) is 4.90 Å². The number of fused-ring (bicyclic) bond motifs is 2. The molecule has 2 unspecified atom stereocenters. The Morgan fingerprint density at radius 2 is 1.41 bits per heavy atom. The lowest BCUT2D eigenvalue weighted by atomic mass is 9.72. The summed E-state index contributed by atoms with van der Waals surface area (Å²) in [6.45, 7) is 2.01. The first-order valence-corrected chi connectivity index (χ1v) is 14.3. The van der Waals surface area contributed by atoms with Gasteiger partial charge in [0.1, 0.15) is 17.7 Å². The van der Waals surface area contributed by atoms with Crippen LogP contribution in [0.3, 0.4) is 0 Å². The van der Waals surface area contributed by atoms with Gasteiger partial charge in [0.15, 0.2) is 0 Å². The lowest BCUT2D eigenvalue weighted by Crippen LogP contribution is -2.54. The van der Waals surface area contributed by atoms with Crippen molar-refractivity contribution in [3.8, 4) is 0 Å². The van der Waals surface area contributed by atoms with Crippen LogP contribution in [0.5, 0.6) is 0 Å². The first kappa shape index (κ1) is 26.0. The van der Waals surface area contributed by atoms with Crippen LogP contribution in [0.15, 0.2) is 78.9 Å². The molecule has 2 aliphatic heterocycles. The number of carbonyl (C=O) groups excluding carboxylic acids is 1. The third kappa shape index (κ3) is 5.86. The quantitative estimate of drug-likeness (QED) is 0.315. The van der Waals surface area contributed by atoms with Crippen LogP contribution < -0.4 is 0 Å². The zero-order valence-corrected chi connectivity index (χ0v) is 22.2. The predicted molar refractivity (Wildman–Crippen MR) is 147 cm³/mol. The van der Waals surface area contributed by atoms with E-state index in [0.717, 1.165) is 30.2 Å². The molecular weight excluding hydrogens is 494 g/mol. The molecule has 0 N–H and O–H groups in total. The molecule has 1 amide bonds. The summed E-state index contributed by atoms with van der Waals surface area (Å²) in [5, 5.41) is 0. The molecule has 0 radical (unpaired) electrons. The molecule has 3 fully saturated rings. The van der Waals surface area contributed by atoms with Crippen molar-refractivity contribution >= 4 is 6.09 Å². The maximum atomic E-state index is 14.3. The largest absolute Gasteiger partial charge is 0.442 e. The number of cyclic esters (lactones) is 1. The molecule has 0 bridgehead atoms. The van der Waals surface area contributed by atoms with Gasteiger partial charge >= 0.3 is 6.09 Å². The molecule has 0 spiro atoms. The number of amides is 1. The minimum absolute atomic E-state index is 0.0331. The minimum Gasteiger partial charge on any atom is -0.442 e. The highest BCUT2D eigenvalue weighted by Crippen LogP contribution is 2.43. The summed E-state index contributed by atoms with van der Waals surface area (Å²) >= 11 is 0. The van der Waals surface area contributed by atoms with E-state index in [9.17, 15) is 13.6 Å². The summed E-state index contributed by atoms with van der Waals surface area (Å²) < 4.78 is 34.9. The molecule has 3 aliphatic rings. The third-order valence-electron chi connectivity index (χ3n) is 8.97. The summed E-state index contributed by atoms with van der Waals surface area (Å²) in [5.41, 5.74) is 2.85. The summed E-state index contributed by atoms with van der Waals surface area (Å²) in [6.07, 6.45) is 5.52. The van der Waals surface area contributed by atoms with Crippen molar-refractivity contribution in [3.05, 3.63) is 107 Å². The summed E-state index contributed by atoms with van der Waals surface area (Å²) in [7, 11) is 0. The van der Waals surface area contributed by atoms with Gasteiger partial charge in [0.05, 0.1) is 12.1 Å². The second kappa shape index (κ2) is 11.5. The number of halogens is 2. The van der Waals surface area contributed by atoms with E-state index in [1.807, 2.05) is 41.3 Å². The highest BCUT2D eigenvalue weighted by molar-refractivity contribution is 5.71. The number of piperidine rings is 1. The van der Waals surface area contributed by atoms with Gasteiger partial charge in [-0.25, -0.2) is 13.6 Å². The van der Waals surface area contributed by atoms with Crippen LogP contribution in [0.25, 0.3) is 0 Å². The Kier molecular flexibility index (Phi) is 7.64. The average molecular weight is 531 g/mol. The van der Waals surface area contributed by atoms with Crippen molar-refractivity contribution < 1.29 is 18.3 Å². The monoisotopic (exact) mass is 530 g/mol. The number of rotatable bonds is 8. The molecule has 39 heavy (non-hydrogen) atoms. The van der Waals surface area contributed by atoms with Crippen LogP contribution in [0.4, 0.5) is 13.6 Å². The molecule has 5 atom stereocenters. The highest BCUT2D eigenvalue weighted by atomic mass is 19.1. The number of ether oxygens (including phenoxy) is 1. The molecule has 1 aliphatic carbocycles. The maximum Gasteiger partial charge on any atom is 0.410 e. The normalized spacial score (nSPS) is 25.2. The van der Waals surface area contributed by atoms with Crippen LogP contribution >= 0.6 is 0 Å². The van der Waals surface area contributed by atoms with E-state index in [2.05, 4.69) is 29.2 Å². The molecule has 2 heterocycles. The van der Waals surface area contributed by atoms with Crippen LogP contribution in [-0.2, 0) is 24.2 Å². The van der Waals surface area contributed by atoms with Crippen molar-refractivity contribution in [3.63, 3.8) is 0 Å². The maximum absolute atomic E-state index is 14.3. The van der Waals surface area contributed by atoms with Gasteiger partial charge in [-0.05, 0) is 59.9 Å². The van der Waals surface area contributed by atoms with E-state index >= 15 is 0 Å². The van der Waals surface area contributed by atoms with Gasteiger partial charge in [-0.15, -0.1) is 0 Å². The van der Waals surface area contributed by atoms with Crippen molar-refractivity contribution in [2.24, 2.45) is 11.8 Å². The van der Waals surface area contributed by atoms with Gasteiger partial charge in [-0.1, -0.05) is 79.9 Å².